The van der Waals surface area contributed by atoms with Gasteiger partial charge in [0.1, 0.15) is 5.82 Å². The molecular weight excluding hydrogens is 248 g/mol. The molecule has 0 spiro atoms. The SMILES string of the molecule is Cc1cc(C)c(-c2ccnc(C3(CO)CC3)n2)c(C)c1. The molecule has 2 aromatic rings. The minimum Gasteiger partial charge on any atom is -0.395 e. The lowest BCUT2D eigenvalue weighted by atomic mass is 9.97. The van der Waals surface area contributed by atoms with Gasteiger partial charge in [0.2, 0.25) is 0 Å². The molecule has 0 atom stereocenters. The van der Waals surface area contributed by atoms with Crippen LogP contribution in [0.5, 0.6) is 0 Å². The van der Waals surface area contributed by atoms with Crippen molar-refractivity contribution in [3.63, 3.8) is 0 Å². The lowest BCUT2D eigenvalue weighted by Crippen LogP contribution is -2.16. The maximum absolute atomic E-state index is 9.54. The van der Waals surface area contributed by atoms with Crippen LogP contribution >= 0.6 is 0 Å². The minimum absolute atomic E-state index is 0.141. The van der Waals surface area contributed by atoms with Gasteiger partial charge >= 0.3 is 0 Å². The Labute approximate surface area is 119 Å². The number of nitrogens with zero attached hydrogens (tertiary/aromatic N) is 2. The summed E-state index contributed by atoms with van der Waals surface area (Å²) >= 11 is 0. The first-order valence-electron chi connectivity index (χ1n) is 7.08. The van der Waals surface area contributed by atoms with Gasteiger partial charge in [-0.2, -0.15) is 0 Å². The number of rotatable bonds is 3. The maximum Gasteiger partial charge on any atom is 0.137 e. The Kier molecular flexibility index (Phi) is 3.09. The predicted octanol–water partition coefficient (Wildman–Crippen LogP) is 3.09. The summed E-state index contributed by atoms with van der Waals surface area (Å²) in [6.45, 7) is 6.49. The Morgan fingerprint density at radius 2 is 1.80 bits per heavy atom. The molecule has 0 radical (unpaired) electrons. The fraction of sp³-hybridized carbons (Fsp3) is 0.412. The number of aliphatic hydroxyl groups is 1. The molecule has 1 aromatic carbocycles. The van der Waals surface area contributed by atoms with Crippen LogP contribution in [0.4, 0.5) is 0 Å². The number of hydrogen-bond acceptors (Lipinski definition) is 3. The molecule has 20 heavy (non-hydrogen) atoms. The molecule has 1 aromatic heterocycles. The number of aromatic nitrogens is 2. The highest BCUT2D eigenvalue weighted by molar-refractivity contribution is 5.68. The Morgan fingerprint density at radius 1 is 1.15 bits per heavy atom. The van der Waals surface area contributed by atoms with E-state index in [4.69, 9.17) is 4.98 Å². The van der Waals surface area contributed by atoms with Crippen molar-refractivity contribution in [3.8, 4) is 11.3 Å². The average molecular weight is 268 g/mol. The van der Waals surface area contributed by atoms with Crippen molar-refractivity contribution < 1.29 is 5.11 Å². The van der Waals surface area contributed by atoms with Crippen LogP contribution in [0.2, 0.25) is 0 Å². The van der Waals surface area contributed by atoms with Crippen LogP contribution < -0.4 is 0 Å². The highest BCUT2D eigenvalue weighted by Gasteiger charge is 2.46. The lowest BCUT2D eigenvalue weighted by Gasteiger charge is -2.14. The summed E-state index contributed by atoms with van der Waals surface area (Å²) in [5, 5.41) is 9.54. The third-order valence-corrected chi connectivity index (χ3v) is 4.22. The second-order valence-electron chi connectivity index (χ2n) is 5.98. The minimum atomic E-state index is -0.178. The van der Waals surface area contributed by atoms with Crippen molar-refractivity contribution in [1.82, 2.24) is 9.97 Å². The molecule has 1 heterocycles. The number of hydrogen-bond donors (Lipinski definition) is 1. The Bertz CT molecular complexity index is 637. The van der Waals surface area contributed by atoms with Gasteiger partial charge < -0.3 is 5.11 Å². The zero-order chi connectivity index (χ0) is 14.3. The van der Waals surface area contributed by atoms with Crippen LogP contribution in [-0.2, 0) is 5.41 Å². The van der Waals surface area contributed by atoms with Crippen molar-refractivity contribution in [3.05, 3.63) is 46.9 Å². The van der Waals surface area contributed by atoms with Gasteiger partial charge in [-0.1, -0.05) is 17.7 Å². The van der Waals surface area contributed by atoms with E-state index in [0.717, 1.165) is 24.4 Å². The Balaban J connectivity index is 2.10. The molecule has 0 aliphatic heterocycles. The molecule has 1 aliphatic carbocycles. The topological polar surface area (TPSA) is 46.0 Å². The zero-order valence-electron chi connectivity index (χ0n) is 12.3. The zero-order valence-corrected chi connectivity index (χ0v) is 12.3. The summed E-state index contributed by atoms with van der Waals surface area (Å²) in [6, 6.07) is 6.33. The van der Waals surface area contributed by atoms with E-state index in [1.807, 2.05) is 12.3 Å². The standard InChI is InChI=1S/C17H20N2O/c1-11-8-12(2)15(13(3)9-11)14-4-7-18-16(19-14)17(10-20)5-6-17/h4,7-9,20H,5-6,10H2,1-3H3. The van der Waals surface area contributed by atoms with Crippen LogP contribution in [0, 0.1) is 20.8 Å². The van der Waals surface area contributed by atoms with E-state index in [1.165, 1.54) is 22.3 Å². The molecule has 0 saturated heterocycles. The monoisotopic (exact) mass is 268 g/mol. The van der Waals surface area contributed by atoms with Crippen LogP contribution in [0.25, 0.3) is 11.3 Å². The van der Waals surface area contributed by atoms with Gasteiger partial charge in [0.05, 0.1) is 17.7 Å². The van der Waals surface area contributed by atoms with Crippen molar-refractivity contribution in [1.29, 1.82) is 0 Å². The van der Waals surface area contributed by atoms with Crippen molar-refractivity contribution >= 4 is 0 Å². The first-order chi connectivity index (χ1) is 9.55. The summed E-state index contributed by atoms with van der Waals surface area (Å²) in [4.78, 5) is 9.10. The average Bonchev–Trinajstić information content (AvgIpc) is 3.19. The molecule has 104 valence electrons. The molecule has 0 amide bonds. The fourth-order valence-electron chi connectivity index (χ4n) is 2.94. The van der Waals surface area contributed by atoms with Crippen molar-refractivity contribution in [2.45, 2.75) is 39.0 Å². The second-order valence-corrected chi connectivity index (χ2v) is 5.98. The third-order valence-electron chi connectivity index (χ3n) is 4.22. The lowest BCUT2D eigenvalue weighted by molar-refractivity contribution is 0.250. The molecule has 3 heteroatoms. The summed E-state index contributed by atoms with van der Waals surface area (Å²) in [6.07, 6.45) is 3.78. The highest BCUT2D eigenvalue weighted by Crippen LogP contribution is 2.46. The summed E-state index contributed by atoms with van der Waals surface area (Å²) in [7, 11) is 0. The van der Waals surface area contributed by atoms with Gasteiger partial charge in [0.15, 0.2) is 0 Å². The Hall–Kier alpha value is -1.74. The quantitative estimate of drug-likeness (QED) is 0.930. The highest BCUT2D eigenvalue weighted by atomic mass is 16.3. The van der Waals surface area contributed by atoms with Crippen LogP contribution in [0.15, 0.2) is 24.4 Å². The fourth-order valence-corrected chi connectivity index (χ4v) is 2.94. The van der Waals surface area contributed by atoms with E-state index in [2.05, 4.69) is 37.9 Å². The molecule has 0 unspecified atom stereocenters. The first-order valence-corrected chi connectivity index (χ1v) is 7.08. The molecule has 0 bridgehead atoms. The number of benzene rings is 1. The van der Waals surface area contributed by atoms with E-state index < -0.39 is 0 Å². The number of aliphatic hydroxyl groups excluding tert-OH is 1. The van der Waals surface area contributed by atoms with E-state index >= 15 is 0 Å². The van der Waals surface area contributed by atoms with Gasteiger partial charge in [-0.05, 0) is 50.8 Å². The van der Waals surface area contributed by atoms with E-state index in [-0.39, 0.29) is 12.0 Å². The molecule has 1 fully saturated rings. The largest absolute Gasteiger partial charge is 0.395 e. The molecular formula is C17H20N2O. The molecule has 3 rings (SSSR count). The smallest absolute Gasteiger partial charge is 0.137 e. The molecule has 1 aliphatic rings. The summed E-state index contributed by atoms with van der Waals surface area (Å²) in [5.74, 6) is 0.789. The second kappa shape index (κ2) is 4.67. The molecule has 1 saturated carbocycles. The van der Waals surface area contributed by atoms with Gasteiger partial charge in [0, 0.05) is 11.8 Å². The molecule has 1 N–H and O–H groups in total. The van der Waals surface area contributed by atoms with Gasteiger partial charge in [-0.3, -0.25) is 0 Å². The summed E-state index contributed by atoms with van der Waals surface area (Å²) < 4.78 is 0. The van der Waals surface area contributed by atoms with E-state index in [0.29, 0.717) is 0 Å². The number of aryl methyl sites for hydroxylation is 3. The van der Waals surface area contributed by atoms with Crippen LogP contribution in [0.3, 0.4) is 0 Å². The maximum atomic E-state index is 9.54. The van der Waals surface area contributed by atoms with Crippen LogP contribution in [-0.4, -0.2) is 21.7 Å². The predicted molar refractivity (Wildman–Crippen MR) is 79.7 cm³/mol. The first kappa shape index (κ1) is 13.3. The normalized spacial score (nSPS) is 16.2. The van der Waals surface area contributed by atoms with E-state index in [9.17, 15) is 5.11 Å². The molecule has 3 nitrogen and oxygen atoms in total. The van der Waals surface area contributed by atoms with Gasteiger partial charge in [-0.25, -0.2) is 9.97 Å². The van der Waals surface area contributed by atoms with E-state index in [1.54, 1.807) is 0 Å². The van der Waals surface area contributed by atoms with Crippen molar-refractivity contribution in [2.24, 2.45) is 0 Å². The van der Waals surface area contributed by atoms with Gasteiger partial charge in [0.25, 0.3) is 0 Å². The Morgan fingerprint density at radius 3 is 2.35 bits per heavy atom. The van der Waals surface area contributed by atoms with Gasteiger partial charge in [-0.15, -0.1) is 0 Å². The van der Waals surface area contributed by atoms with Crippen LogP contribution in [0.1, 0.15) is 35.4 Å². The summed E-state index contributed by atoms with van der Waals surface area (Å²) in [5.41, 5.74) is 5.72. The third kappa shape index (κ3) is 2.12. The van der Waals surface area contributed by atoms with Crippen molar-refractivity contribution in [2.75, 3.05) is 6.61 Å².